The number of rotatable bonds is 15. The molecule has 234 valence electrons. The molecule has 2 heterocycles. The van der Waals surface area contributed by atoms with Crippen LogP contribution in [0.5, 0.6) is 0 Å². The van der Waals surface area contributed by atoms with Crippen molar-refractivity contribution in [2.75, 3.05) is 49.1 Å². The molecule has 0 saturated heterocycles. The molecule has 0 amide bonds. The number of quaternary nitrogens is 1. The van der Waals surface area contributed by atoms with Crippen molar-refractivity contribution in [3.63, 3.8) is 0 Å². The SMILES string of the molecule is CC[N+](CC)(CC)CCCN1/C(=C/C=C/C2N(CCCCCC(=O)O)c3ccccc3C2(C)C)C(C)(C)c2ccccc21. The van der Waals surface area contributed by atoms with Gasteiger partial charge in [0.25, 0.3) is 0 Å². The monoisotopic (exact) mass is 586 g/mol. The van der Waals surface area contributed by atoms with Gasteiger partial charge in [-0.05, 0) is 62.9 Å². The molecule has 2 aliphatic rings. The molecule has 0 bridgehead atoms. The zero-order chi connectivity index (χ0) is 31.3. The zero-order valence-corrected chi connectivity index (χ0v) is 27.9. The standard InChI is InChI=1S/C38H55N3O2/c1-8-41(9-2,10-3)29-19-28-40-33-23-16-14-21-31(33)38(6,7)35(40)25-18-24-34-37(4,5)30-20-13-15-22-32(30)39(34)27-17-11-12-26-36(42)43/h13-16,18,20-25,34H,8-12,17,19,26-29H2,1-7H3/p+1/b24-18+,35-25+. The van der Waals surface area contributed by atoms with Crippen LogP contribution in [-0.4, -0.2) is 60.9 Å². The van der Waals surface area contributed by atoms with E-state index in [1.807, 2.05) is 0 Å². The number of aliphatic carboxylic acids is 1. The van der Waals surface area contributed by atoms with E-state index in [2.05, 4.69) is 125 Å². The van der Waals surface area contributed by atoms with Crippen molar-refractivity contribution < 1.29 is 14.4 Å². The maximum atomic E-state index is 11.0. The van der Waals surface area contributed by atoms with Gasteiger partial charge in [0.2, 0.25) is 0 Å². The molecule has 2 aliphatic heterocycles. The van der Waals surface area contributed by atoms with Crippen molar-refractivity contribution in [2.24, 2.45) is 0 Å². The Labute approximate surface area is 261 Å². The molecule has 1 atom stereocenters. The van der Waals surface area contributed by atoms with Crippen molar-refractivity contribution in [2.45, 2.75) is 97.4 Å². The van der Waals surface area contributed by atoms with Crippen LogP contribution in [0.1, 0.15) is 91.7 Å². The second kappa shape index (κ2) is 13.7. The molecule has 1 N–H and O–H groups in total. The fraction of sp³-hybridized carbons (Fsp3) is 0.553. The first-order valence-electron chi connectivity index (χ1n) is 16.7. The van der Waals surface area contributed by atoms with Crippen molar-refractivity contribution in [3.05, 3.63) is 83.6 Å². The summed E-state index contributed by atoms with van der Waals surface area (Å²) in [6.45, 7) is 23.2. The Kier molecular flexibility index (Phi) is 10.5. The molecule has 0 spiro atoms. The minimum absolute atomic E-state index is 0.0256. The molecular weight excluding hydrogens is 530 g/mol. The summed E-state index contributed by atoms with van der Waals surface area (Å²) >= 11 is 0. The quantitative estimate of drug-likeness (QED) is 0.168. The summed E-state index contributed by atoms with van der Waals surface area (Å²) in [7, 11) is 0. The van der Waals surface area contributed by atoms with Crippen LogP contribution in [-0.2, 0) is 15.6 Å². The van der Waals surface area contributed by atoms with Crippen LogP contribution in [0.25, 0.3) is 0 Å². The van der Waals surface area contributed by atoms with Crippen molar-refractivity contribution in [1.29, 1.82) is 0 Å². The fourth-order valence-electron chi connectivity index (χ4n) is 7.65. The third kappa shape index (κ3) is 6.72. The van der Waals surface area contributed by atoms with E-state index in [-0.39, 0.29) is 23.3 Å². The maximum absolute atomic E-state index is 11.0. The summed E-state index contributed by atoms with van der Waals surface area (Å²) in [6, 6.07) is 18.0. The summed E-state index contributed by atoms with van der Waals surface area (Å²) in [5, 5.41) is 9.05. The molecule has 5 nitrogen and oxygen atoms in total. The lowest BCUT2D eigenvalue weighted by molar-refractivity contribution is -0.923. The second-order valence-electron chi connectivity index (χ2n) is 13.7. The number of hydrogen-bond acceptors (Lipinski definition) is 3. The Balaban J connectivity index is 1.59. The van der Waals surface area contributed by atoms with E-state index in [0.717, 1.165) is 32.4 Å². The van der Waals surface area contributed by atoms with Gasteiger partial charge in [-0.15, -0.1) is 0 Å². The summed E-state index contributed by atoms with van der Waals surface area (Å²) in [6.07, 6.45) is 11.2. The Morgan fingerprint density at radius 3 is 2.12 bits per heavy atom. The third-order valence-electron chi connectivity index (χ3n) is 10.6. The lowest BCUT2D eigenvalue weighted by Crippen LogP contribution is -2.48. The highest BCUT2D eigenvalue weighted by Gasteiger charge is 2.43. The predicted molar refractivity (Wildman–Crippen MR) is 182 cm³/mol. The highest BCUT2D eigenvalue weighted by molar-refractivity contribution is 5.71. The number of fused-ring (bicyclic) bond motifs is 2. The number of hydrogen-bond donors (Lipinski definition) is 1. The van der Waals surface area contributed by atoms with E-state index in [1.165, 1.54) is 65.3 Å². The normalized spacial score (nSPS) is 19.8. The Morgan fingerprint density at radius 1 is 0.837 bits per heavy atom. The van der Waals surface area contributed by atoms with Crippen molar-refractivity contribution in [3.8, 4) is 0 Å². The second-order valence-corrected chi connectivity index (χ2v) is 13.7. The molecule has 5 heteroatoms. The first kappa shape index (κ1) is 32.9. The summed E-state index contributed by atoms with van der Waals surface area (Å²) in [5.74, 6) is -0.702. The highest BCUT2D eigenvalue weighted by atomic mass is 16.4. The Morgan fingerprint density at radius 2 is 1.47 bits per heavy atom. The van der Waals surface area contributed by atoms with Gasteiger partial charge >= 0.3 is 5.97 Å². The number of carbonyl (C=O) groups is 1. The minimum Gasteiger partial charge on any atom is -0.481 e. The topological polar surface area (TPSA) is 43.8 Å². The van der Waals surface area contributed by atoms with Crippen LogP contribution in [0, 0.1) is 0 Å². The maximum Gasteiger partial charge on any atom is 0.303 e. The smallest absolute Gasteiger partial charge is 0.303 e. The predicted octanol–water partition coefficient (Wildman–Crippen LogP) is 8.30. The van der Waals surface area contributed by atoms with Crippen LogP contribution < -0.4 is 9.80 Å². The molecule has 0 radical (unpaired) electrons. The zero-order valence-electron chi connectivity index (χ0n) is 27.9. The average Bonchev–Trinajstić information content (AvgIpc) is 3.34. The lowest BCUT2D eigenvalue weighted by atomic mass is 9.80. The number of benzene rings is 2. The van der Waals surface area contributed by atoms with E-state index in [1.54, 1.807) is 0 Å². The van der Waals surface area contributed by atoms with E-state index in [4.69, 9.17) is 5.11 Å². The van der Waals surface area contributed by atoms with Gasteiger partial charge in [-0.1, -0.05) is 82.7 Å². The van der Waals surface area contributed by atoms with Gasteiger partial charge in [-0.2, -0.15) is 0 Å². The van der Waals surface area contributed by atoms with Gasteiger partial charge in [-0.25, -0.2) is 0 Å². The average molecular weight is 587 g/mol. The number of para-hydroxylation sites is 2. The van der Waals surface area contributed by atoms with Crippen LogP contribution in [0.4, 0.5) is 11.4 Å². The lowest BCUT2D eigenvalue weighted by Gasteiger charge is -2.36. The van der Waals surface area contributed by atoms with Gasteiger partial charge in [0.1, 0.15) is 0 Å². The minimum atomic E-state index is -0.702. The first-order chi connectivity index (χ1) is 20.5. The third-order valence-corrected chi connectivity index (χ3v) is 10.6. The van der Waals surface area contributed by atoms with Crippen LogP contribution in [0.3, 0.4) is 0 Å². The molecule has 43 heavy (non-hydrogen) atoms. The molecular formula is C38H56N3O2+. The largest absolute Gasteiger partial charge is 0.481 e. The molecule has 0 fully saturated rings. The van der Waals surface area contributed by atoms with E-state index in [9.17, 15) is 4.79 Å². The summed E-state index contributed by atoms with van der Waals surface area (Å²) in [4.78, 5) is 16.1. The molecule has 4 rings (SSSR count). The number of nitrogens with zero attached hydrogens (tertiary/aromatic N) is 3. The fourth-order valence-corrected chi connectivity index (χ4v) is 7.65. The molecule has 1 unspecified atom stereocenters. The van der Waals surface area contributed by atoms with Gasteiger partial charge in [0.15, 0.2) is 0 Å². The van der Waals surface area contributed by atoms with Crippen molar-refractivity contribution >= 4 is 17.3 Å². The van der Waals surface area contributed by atoms with E-state index < -0.39 is 5.97 Å². The molecule has 0 aliphatic carbocycles. The van der Waals surface area contributed by atoms with Crippen molar-refractivity contribution in [1.82, 2.24) is 0 Å². The number of unbranched alkanes of at least 4 members (excludes halogenated alkanes) is 2. The van der Waals surface area contributed by atoms with Gasteiger partial charge in [0, 0.05) is 53.8 Å². The summed E-state index contributed by atoms with van der Waals surface area (Å²) in [5.41, 5.74) is 6.75. The van der Waals surface area contributed by atoms with Gasteiger partial charge in [-0.3, -0.25) is 4.79 Å². The molecule has 2 aromatic carbocycles. The molecule has 0 aromatic heterocycles. The van der Waals surface area contributed by atoms with Crippen LogP contribution in [0.2, 0.25) is 0 Å². The number of anilines is 2. The first-order valence-corrected chi connectivity index (χ1v) is 16.7. The van der Waals surface area contributed by atoms with Crippen LogP contribution >= 0.6 is 0 Å². The Hall–Kier alpha value is -3.05. The summed E-state index contributed by atoms with van der Waals surface area (Å²) < 4.78 is 1.18. The molecule has 2 aromatic rings. The van der Waals surface area contributed by atoms with Gasteiger partial charge < -0.3 is 19.4 Å². The number of carboxylic acid groups (broad SMARTS) is 1. The molecule has 0 saturated carbocycles. The number of carboxylic acids is 1. The van der Waals surface area contributed by atoms with Crippen LogP contribution in [0.15, 0.2) is 72.5 Å². The van der Waals surface area contributed by atoms with E-state index >= 15 is 0 Å². The van der Waals surface area contributed by atoms with E-state index in [0.29, 0.717) is 0 Å². The Bertz CT molecular complexity index is 1300. The number of allylic oxidation sites excluding steroid dienone is 3. The van der Waals surface area contributed by atoms with Gasteiger partial charge in [0.05, 0.1) is 32.2 Å². The highest BCUT2D eigenvalue weighted by Crippen LogP contribution is 2.48.